The largest absolute Gasteiger partial charge is 0.351 e. The van der Waals surface area contributed by atoms with E-state index in [0.717, 1.165) is 18.4 Å². The van der Waals surface area contributed by atoms with Crippen LogP contribution in [0.15, 0.2) is 18.2 Å². The molecule has 20 heavy (non-hydrogen) atoms. The van der Waals surface area contributed by atoms with Gasteiger partial charge >= 0.3 is 0 Å². The lowest BCUT2D eigenvalue weighted by molar-refractivity contribution is -0.131. The molecular formula is C17H20N2O. The third-order valence-corrected chi connectivity index (χ3v) is 4.72. The highest BCUT2D eigenvalue weighted by Crippen LogP contribution is 2.40. The minimum absolute atomic E-state index is 0.0935. The number of fused-ring (bicyclic) bond motifs is 1. The first-order chi connectivity index (χ1) is 9.73. The lowest BCUT2D eigenvalue weighted by atomic mass is 9.69. The second-order valence-corrected chi connectivity index (χ2v) is 6.04. The molecule has 1 aromatic carbocycles. The third kappa shape index (κ3) is 2.31. The Hall–Kier alpha value is -1.82. The van der Waals surface area contributed by atoms with Crippen LogP contribution >= 0.6 is 0 Å². The smallest absolute Gasteiger partial charge is 0.240 e. The van der Waals surface area contributed by atoms with E-state index >= 15 is 0 Å². The van der Waals surface area contributed by atoms with Crippen molar-refractivity contribution in [2.24, 2.45) is 5.41 Å². The summed E-state index contributed by atoms with van der Waals surface area (Å²) >= 11 is 0. The Morgan fingerprint density at radius 1 is 1.20 bits per heavy atom. The van der Waals surface area contributed by atoms with Gasteiger partial charge in [0.15, 0.2) is 0 Å². The highest BCUT2D eigenvalue weighted by Gasteiger charge is 2.44. The van der Waals surface area contributed by atoms with E-state index in [2.05, 4.69) is 29.6 Å². The van der Waals surface area contributed by atoms with E-state index in [1.807, 2.05) is 0 Å². The normalized spacial score (nSPS) is 19.4. The molecule has 0 spiro atoms. The number of nitriles is 1. The summed E-state index contributed by atoms with van der Waals surface area (Å²) in [7, 11) is 0. The van der Waals surface area contributed by atoms with E-state index < -0.39 is 5.41 Å². The lowest BCUT2D eigenvalue weighted by Gasteiger charge is -2.33. The SMILES string of the molecule is N#CC1(C(=O)NCc2ccc3c(c2)CCCC3)CCC1. The van der Waals surface area contributed by atoms with E-state index in [4.69, 9.17) is 5.26 Å². The number of amides is 1. The number of aryl methyl sites for hydroxylation is 2. The van der Waals surface area contributed by atoms with Crippen molar-refractivity contribution in [1.29, 1.82) is 5.26 Å². The zero-order valence-electron chi connectivity index (χ0n) is 11.7. The van der Waals surface area contributed by atoms with Gasteiger partial charge in [0.1, 0.15) is 5.41 Å². The molecule has 3 nitrogen and oxygen atoms in total. The fourth-order valence-electron chi connectivity index (χ4n) is 3.17. The van der Waals surface area contributed by atoms with Gasteiger partial charge in [-0.25, -0.2) is 0 Å². The molecule has 3 heteroatoms. The summed E-state index contributed by atoms with van der Waals surface area (Å²) < 4.78 is 0. The Labute approximate surface area is 120 Å². The summed E-state index contributed by atoms with van der Waals surface area (Å²) in [5.74, 6) is -0.0935. The van der Waals surface area contributed by atoms with Gasteiger partial charge < -0.3 is 5.32 Å². The Morgan fingerprint density at radius 3 is 2.60 bits per heavy atom. The van der Waals surface area contributed by atoms with Crippen LogP contribution in [-0.2, 0) is 24.2 Å². The topological polar surface area (TPSA) is 52.9 Å². The summed E-state index contributed by atoms with van der Waals surface area (Å²) in [6.07, 6.45) is 7.28. The van der Waals surface area contributed by atoms with Crippen molar-refractivity contribution in [2.75, 3.05) is 0 Å². The number of carbonyl (C=O) groups is 1. The average molecular weight is 268 g/mol. The van der Waals surface area contributed by atoms with Gasteiger partial charge in [-0.3, -0.25) is 4.79 Å². The summed E-state index contributed by atoms with van der Waals surface area (Å²) in [6, 6.07) is 8.70. The molecule has 2 aliphatic carbocycles. The van der Waals surface area contributed by atoms with E-state index in [0.29, 0.717) is 19.4 Å². The molecule has 3 rings (SSSR count). The van der Waals surface area contributed by atoms with Gasteiger partial charge in [0.25, 0.3) is 0 Å². The fraction of sp³-hybridized carbons (Fsp3) is 0.529. The molecule has 2 aliphatic rings. The quantitative estimate of drug-likeness (QED) is 0.916. The number of rotatable bonds is 3. The molecular weight excluding hydrogens is 248 g/mol. The molecule has 1 amide bonds. The second kappa shape index (κ2) is 5.28. The summed E-state index contributed by atoms with van der Waals surface area (Å²) in [5, 5.41) is 12.1. The molecule has 1 saturated carbocycles. The van der Waals surface area contributed by atoms with E-state index in [9.17, 15) is 4.79 Å². The van der Waals surface area contributed by atoms with Crippen LogP contribution in [0.1, 0.15) is 48.8 Å². The van der Waals surface area contributed by atoms with Crippen molar-refractivity contribution in [3.8, 4) is 6.07 Å². The number of hydrogen-bond acceptors (Lipinski definition) is 2. The molecule has 1 fully saturated rings. The highest BCUT2D eigenvalue weighted by atomic mass is 16.2. The van der Waals surface area contributed by atoms with Crippen LogP contribution in [0.4, 0.5) is 0 Å². The first kappa shape index (κ1) is 13.2. The average Bonchev–Trinajstić information content (AvgIpc) is 2.44. The number of benzene rings is 1. The molecule has 0 radical (unpaired) electrons. The van der Waals surface area contributed by atoms with Crippen LogP contribution in [0.5, 0.6) is 0 Å². The predicted octanol–water partition coefficient (Wildman–Crippen LogP) is 2.88. The van der Waals surface area contributed by atoms with Gasteiger partial charge in [0.2, 0.25) is 5.91 Å². The Morgan fingerprint density at radius 2 is 1.95 bits per heavy atom. The van der Waals surface area contributed by atoms with E-state index in [-0.39, 0.29) is 5.91 Å². The van der Waals surface area contributed by atoms with Crippen molar-refractivity contribution in [3.63, 3.8) is 0 Å². The predicted molar refractivity (Wildman–Crippen MR) is 76.8 cm³/mol. The van der Waals surface area contributed by atoms with Crippen molar-refractivity contribution < 1.29 is 4.79 Å². The molecule has 1 N–H and O–H groups in total. The number of hydrogen-bond donors (Lipinski definition) is 1. The first-order valence-electron chi connectivity index (χ1n) is 7.54. The highest BCUT2D eigenvalue weighted by molar-refractivity contribution is 5.86. The maximum atomic E-state index is 12.1. The first-order valence-corrected chi connectivity index (χ1v) is 7.54. The van der Waals surface area contributed by atoms with Gasteiger partial charge in [0, 0.05) is 6.54 Å². The van der Waals surface area contributed by atoms with Gasteiger partial charge in [-0.05, 0) is 61.6 Å². The van der Waals surface area contributed by atoms with Crippen LogP contribution in [0, 0.1) is 16.7 Å². The Balaban J connectivity index is 1.64. The molecule has 0 unspecified atom stereocenters. The van der Waals surface area contributed by atoms with Gasteiger partial charge in [0.05, 0.1) is 6.07 Å². The number of carbonyl (C=O) groups excluding carboxylic acids is 1. The standard InChI is InChI=1S/C17H20N2O/c18-12-17(8-3-9-17)16(20)19-11-13-6-7-14-4-1-2-5-15(14)10-13/h6-7,10H,1-5,8-9,11H2,(H,19,20). The van der Waals surface area contributed by atoms with Crippen molar-refractivity contribution in [3.05, 3.63) is 34.9 Å². The van der Waals surface area contributed by atoms with Crippen molar-refractivity contribution in [1.82, 2.24) is 5.32 Å². The second-order valence-electron chi connectivity index (χ2n) is 6.04. The minimum atomic E-state index is -0.742. The van der Waals surface area contributed by atoms with Gasteiger partial charge in [-0.2, -0.15) is 5.26 Å². The minimum Gasteiger partial charge on any atom is -0.351 e. The van der Waals surface area contributed by atoms with E-state index in [1.165, 1.54) is 30.4 Å². The Kier molecular flexibility index (Phi) is 3.48. The monoisotopic (exact) mass is 268 g/mol. The van der Waals surface area contributed by atoms with Crippen LogP contribution in [-0.4, -0.2) is 5.91 Å². The summed E-state index contributed by atoms with van der Waals surface area (Å²) in [5.41, 5.74) is 3.29. The maximum Gasteiger partial charge on any atom is 0.240 e. The molecule has 0 aromatic heterocycles. The Bertz CT molecular complexity index is 567. The fourth-order valence-corrected chi connectivity index (χ4v) is 3.17. The summed E-state index contributed by atoms with van der Waals surface area (Å²) in [4.78, 5) is 12.1. The summed E-state index contributed by atoms with van der Waals surface area (Å²) in [6.45, 7) is 0.537. The lowest BCUT2D eigenvalue weighted by Crippen LogP contribution is -2.44. The van der Waals surface area contributed by atoms with E-state index in [1.54, 1.807) is 0 Å². The van der Waals surface area contributed by atoms with Crippen LogP contribution in [0.2, 0.25) is 0 Å². The number of nitrogens with zero attached hydrogens (tertiary/aromatic N) is 1. The maximum absolute atomic E-state index is 12.1. The van der Waals surface area contributed by atoms with Crippen LogP contribution in [0.3, 0.4) is 0 Å². The third-order valence-electron chi connectivity index (χ3n) is 4.72. The molecule has 0 bridgehead atoms. The van der Waals surface area contributed by atoms with Crippen LogP contribution in [0.25, 0.3) is 0 Å². The zero-order chi connectivity index (χ0) is 14.0. The van der Waals surface area contributed by atoms with Gasteiger partial charge in [-0.1, -0.05) is 18.2 Å². The zero-order valence-corrected chi connectivity index (χ0v) is 11.7. The van der Waals surface area contributed by atoms with Gasteiger partial charge in [-0.15, -0.1) is 0 Å². The van der Waals surface area contributed by atoms with Crippen LogP contribution < -0.4 is 5.32 Å². The molecule has 104 valence electrons. The van der Waals surface area contributed by atoms with Crippen molar-refractivity contribution in [2.45, 2.75) is 51.5 Å². The molecule has 0 heterocycles. The molecule has 1 aromatic rings. The molecule has 0 aliphatic heterocycles. The number of nitrogens with one attached hydrogen (secondary N) is 1. The molecule has 0 saturated heterocycles. The van der Waals surface area contributed by atoms with Crippen molar-refractivity contribution >= 4 is 5.91 Å². The molecule has 0 atom stereocenters.